The lowest BCUT2D eigenvalue weighted by molar-refractivity contribution is 0.505. The van der Waals surface area contributed by atoms with Crippen molar-refractivity contribution in [2.45, 2.75) is 0 Å². The molecule has 0 rings (SSSR count). The number of hydrogen-bond acceptors (Lipinski definition) is 2. The van der Waals surface area contributed by atoms with E-state index in [9.17, 15) is 0 Å². The summed E-state index contributed by atoms with van der Waals surface area (Å²) in [6.45, 7) is 0. The quantitative estimate of drug-likeness (QED) is 0.626. The van der Waals surface area contributed by atoms with Crippen molar-refractivity contribution in [2.75, 3.05) is 42.3 Å². The van der Waals surface area contributed by atoms with Crippen LogP contribution < -0.4 is 0 Å². The van der Waals surface area contributed by atoms with Crippen LogP contribution in [0.5, 0.6) is 0 Å². The maximum absolute atomic E-state index is 2.00. The van der Waals surface area contributed by atoms with Crippen LogP contribution in [0.2, 0.25) is 0 Å². The van der Waals surface area contributed by atoms with Crippen LogP contribution in [0.3, 0.4) is 0 Å². The molecule has 0 aromatic heterocycles. The molecule has 0 bridgehead atoms. The van der Waals surface area contributed by atoms with Crippen molar-refractivity contribution in [3.8, 4) is 0 Å². The fourth-order valence-electron chi connectivity index (χ4n) is 0. The van der Waals surface area contributed by atoms with Gasteiger partial charge in [0.2, 0.25) is 0 Å². The molecule has 0 aliphatic rings. The Balaban J connectivity index is -0.0000000300. The Hall–Kier alpha value is 0.690. The molecule has 0 saturated carbocycles. The minimum absolute atomic E-state index is 0. The van der Waals surface area contributed by atoms with E-state index in [4.69, 9.17) is 0 Å². The van der Waals surface area contributed by atoms with Crippen LogP contribution >= 0.6 is 29.4 Å². The molecule has 0 heterocycles. The molecule has 0 aromatic carbocycles. The van der Waals surface area contributed by atoms with E-state index in [1.807, 2.05) is 52.1 Å². The van der Waals surface area contributed by atoms with Crippen LogP contribution in [0.4, 0.5) is 0 Å². The van der Waals surface area contributed by atoms with Gasteiger partial charge in [-0.15, -0.1) is 29.4 Å². The van der Waals surface area contributed by atoms with E-state index in [2.05, 4.69) is 0 Å². The van der Waals surface area contributed by atoms with Crippen molar-refractivity contribution < 1.29 is 0 Å². The first-order chi connectivity index (χ1) is 3.46. The average molecular weight is 236 g/mol. The topological polar surface area (TPSA) is 6.48 Å². The number of halogens is 2. The number of rotatable bonds is 0. The SMILES string of the molecule is Br.CN(C)C.CN(C)C.Cl. The van der Waals surface area contributed by atoms with Crippen LogP contribution in [0, 0.1) is 0 Å². The van der Waals surface area contributed by atoms with Gasteiger partial charge in [-0.2, -0.15) is 0 Å². The molecule has 0 radical (unpaired) electrons. The van der Waals surface area contributed by atoms with Gasteiger partial charge in [-0.3, -0.25) is 0 Å². The summed E-state index contributed by atoms with van der Waals surface area (Å²) in [5.74, 6) is 0. The molecular formula is C6H20BrClN2. The maximum Gasteiger partial charge on any atom is -0.0140 e. The molecule has 0 amide bonds. The van der Waals surface area contributed by atoms with E-state index in [-0.39, 0.29) is 29.4 Å². The zero-order chi connectivity index (χ0) is 7.15. The maximum atomic E-state index is 2.00. The van der Waals surface area contributed by atoms with Crippen LogP contribution in [0.1, 0.15) is 0 Å². The second kappa shape index (κ2) is 16.3. The zero-order valence-corrected chi connectivity index (χ0v) is 10.2. The Morgan fingerprint density at radius 2 is 0.600 bits per heavy atom. The van der Waals surface area contributed by atoms with Gasteiger partial charge >= 0.3 is 0 Å². The average Bonchev–Trinajstić information content (AvgIpc) is 1.25. The Morgan fingerprint density at radius 3 is 0.600 bits per heavy atom. The van der Waals surface area contributed by atoms with Crippen LogP contribution in [0.15, 0.2) is 0 Å². The normalized spacial score (nSPS) is 7.20. The molecular weight excluding hydrogens is 215 g/mol. The van der Waals surface area contributed by atoms with E-state index < -0.39 is 0 Å². The Bertz CT molecular complexity index is 31.2. The molecule has 0 unspecified atom stereocenters. The molecule has 2 nitrogen and oxygen atoms in total. The van der Waals surface area contributed by atoms with Gasteiger partial charge in [0.05, 0.1) is 0 Å². The highest BCUT2D eigenvalue weighted by molar-refractivity contribution is 8.93. The smallest absolute Gasteiger partial charge is 0.0140 e. The molecule has 0 aromatic rings. The summed E-state index contributed by atoms with van der Waals surface area (Å²) in [7, 11) is 12.0. The summed E-state index contributed by atoms with van der Waals surface area (Å²) in [5, 5.41) is 0. The molecule has 0 aliphatic carbocycles. The first kappa shape index (κ1) is 22.4. The van der Waals surface area contributed by atoms with Gasteiger partial charge in [-0.25, -0.2) is 0 Å². The van der Waals surface area contributed by atoms with Gasteiger partial charge in [0, 0.05) is 0 Å². The molecule has 4 heteroatoms. The summed E-state index contributed by atoms with van der Waals surface area (Å²) in [6, 6.07) is 0. The van der Waals surface area contributed by atoms with Crippen molar-refractivity contribution in [2.24, 2.45) is 0 Å². The van der Waals surface area contributed by atoms with E-state index in [0.29, 0.717) is 0 Å². The first-order valence-corrected chi connectivity index (χ1v) is 2.68. The van der Waals surface area contributed by atoms with Crippen molar-refractivity contribution >= 4 is 29.4 Å². The largest absolute Gasteiger partial charge is 0.312 e. The summed E-state index contributed by atoms with van der Waals surface area (Å²) in [6.07, 6.45) is 0. The van der Waals surface area contributed by atoms with Crippen molar-refractivity contribution in [1.82, 2.24) is 9.80 Å². The van der Waals surface area contributed by atoms with Gasteiger partial charge in [-0.05, 0) is 42.3 Å². The highest BCUT2D eigenvalue weighted by Crippen LogP contribution is 1.48. The number of nitrogens with zero attached hydrogens (tertiary/aromatic N) is 2. The van der Waals surface area contributed by atoms with Crippen LogP contribution in [-0.2, 0) is 0 Å². The zero-order valence-electron chi connectivity index (χ0n) is 7.71. The second-order valence-electron chi connectivity index (χ2n) is 2.68. The monoisotopic (exact) mass is 234 g/mol. The summed E-state index contributed by atoms with van der Waals surface area (Å²) in [4.78, 5) is 4.00. The Labute approximate surface area is 81.8 Å². The first-order valence-electron chi connectivity index (χ1n) is 2.68. The molecule has 0 spiro atoms. The summed E-state index contributed by atoms with van der Waals surface area (Å²) < 4.78 is 0. The van der Waals surface area contributed by atoms with Gasteiger partial charge in [0.1, 0.15) is 0 Å². The Morgan fingerprint density at radius 1 is 0.600 bits per heavy atom. The van der Waals surface area contributed by atoms with Gasteiger partial charge in [0.25, 0.3) is 0 Å². The lowest BCUT2D eigenvalue weighted by Crippen LogP contribution is -1.99. The van der Waals surface area contributed by atoms with Gasteiger partial charge in [0.15, 0.2) is 0 Å². The summed E-state index contributed by atoms with van der Waals surface area (Å²) >= 11 is 0. The van der Waals surface area contributed by atoms with Crippen molar-refractivity contribution in [3.63, 3.8) is 0 Å². The summed E-state index contributed by atoms with van der Waals surface area (Å²) in [5.41, 5.74) is 0. The molecule has 0 fully saturated rings. The van der Waals surface area contributed by atoms with E-state index in [0.717, 1.165) is 0 Å². The third kappa shape index (κ3) is 1080. The standard InChI is InChI=1S/2C3H9N.BrH.ClH/c2*1-4(2)3;;/h2*1-3H3;2*1H. The molecule has 0 atom stereocenters. The van der Waals surface area contributed by atoms with E-state index >= 15 is 0 Å². The van der Waals surface area contributed by atoms with E-state index in [1.165, 1.54) is 0 Å². The molecule has 68 valence electrons. The fraction of sp³-hybridized carbons (Fsp3) is 1.00. The predicted molar refractivity (Wildman–Crippen MR) is 56.8 cm³/mol. The number of hydrogen-bond donors (Lipinski definition) is 0. The third-order valence-electron chi connectivity index (χ3n) is 0. The van der Waals surface area contributed by atoms with Crippen molar-refractivity contribution in [3.05, 3.63) is 0 Å². The predicted octanol–water partition coefficient (Wildman–Crippen LogP) is 1.36. The molecule has 0 saturated heterocycles. The van der Waals surface area contributed by atoms with Gasteiger partial charge < -0.3 is 9.80 Å². The minimum atomic E-state index is 0. The highest BCUT2D eigenvalue weighted by Gasteiger charge is 1.58. The van der Waals surface area contributed by atoms with Gasteiger partial charge in [-0.1, -0.05) is 0 Å². The second-order valence-corrected chi connectivity index (χ2v) is 2.68. The Kier molecular flexibility index (Phi) is 36.7. The van der Waals surface area contributed by atoms with Crippen LogP contribution in [-0.4, -0.2) is 52.1 Å². The molecule has 10 heavy (non-hydrogen) atoms. The third-order valence-corrected chi connectivity index (χ3v) is 0. The van der Waals surface area contributed by atoms with E-state index in [1.54, 1.807) is 0 Å². The minimum Gasteiger partial charge on any atom is -0.312 e. The highest BCUT2D eigenvalue weighted by atomic mass is 79.9. The van der Waals surface area contributed by atoms with Crippen LogP contribution in [0.25, 0.3) is 0 Å². The lowest BCUT2D eigenvalue weighted by atomic mass is 11.0. The fourth-order valence-corrected chi connectivity index (χ4v) is 0. The van der Waals surface area contributed by atoms with Crippen molar-refractivity contribution in [1.29, 1.82) is 0 Å². The molecule has 0 N–H and O–H groups in total. The molecule has 0 aliphatic heterocycles. The lowest BCUT2D eigenvalue weighted by Gasteiger charge is -1.90.